The van der Waals surface area contributed by atoms with Crippen molar-refractivity contribution in [2.75, 3.05) is 46.9 Å². The van der Waals surface area contributed by atoms with E-state index in [0.717, 1.165) is 4.88 Å². The average Bonchev–Trinajstić information content (AvgIpc) is 3.23. The number of methoxy groups -OCH3 is 2. The van der Waals surface area contributed by atoms with E-state index in [9.17, 15) is 13.2 Å². The van der Waals surface area contributed by atoms with Crippen molar-refractivity contribution in [1.29, 1.82) is 0 Å². The Labute approximate surface area is 163 Å². The van der Waals surface area contributed by atoms with Crippen molar-refractivity contribution in [3.8, 4) is 11.5 Å². The van der Waals surface area contributed by atoms with Crippen LogP contribution in [0.25, 0.3) is 0 Å². The second-order valence-electron chi connectivity index (χ2n) is 6.10. The number of carbonyl (C=O) groups is 1. The molecule has 0 spiro atoms. The molecule has 1 aliphatic rings. The molecular weight excluding hydrogens is 388 g/mol. The van der Waals surface area contributed by atoms with Crippen LogP contribution in [0.2, 0.25) is 0 Å². The highest BCUT2D eigenvalue weighted by Gasteiger charge is 2.31. The number of ether oxygens (including phenoxy) is 2. The molecule has 146 valence electrons. The molecule has 2 heterocycles. The summed E-state index contributed by atoms with van der Waals surface area (Å²) >= 11 is 1.42. The third-order valence-corrected chi connectivity index (χ3v) is 7.31. The van der Waals surface area contributed by atoms with Crippen molar-refractivity contribution >= 4 is 27.1 Å². The van der Waals surface area contributed by atoms with Gasteiger partial charge in [0.05, 0.1) is 25.6 Å². The molecule has 1 aromatic heterocycles. The van der Waals surface area contributed by atoms with Gasteiger partial charge in [-0.05, 0) is 23.6 Å². The van der Waals surface area contributed by atoms with Gasteiger partial charge in [0.15, 0.2) is 5.78 Å². The third-order valence-electron chi connectivity index (χ3n) is 4.48. The van der Waals surface area contributed by atoms with Crippen molar-refractivity contribution in [2.45, 2.75) is 4.90 Å². The molecular formula is C18H22N2O5S2. The van der Waals surface area contributed by atoms with Gasteiger partial charge in [-0.2, -0.15) is 4.31 Å². The van der Waals surface area contributed by atoms with Gasteiger partial charge in [-0.15, -0.1) is 11.3 Å². The predicted molar refractivity (Wildman–Crippen MR) is 103 cm³/mol. The lowest BCUT2D eigenvalue weighted by Crippen LogP contribution is -2.49. The molecule has 0 saturated carbocycles. The van der Waals surface area contributed by atoms with Gasteiger partial charge in [-0.1, -0.05) is 6.07 Å². The molecule has 1 saturated heterocycles. The summed E-state index contributed by atoms with van der Waals surface area (Å²) in [5.74, 6) is 0.802. The van der Waals surface area contributed by atoms with Crippen molar-refractivity contribution in [2.24, 2.45) is 0 Å². The van der Waals surface area contributed by atoms with Crippen LogP contribution in [-0.4, -0.2) is 70.3 Å². The highest BCUT2D eigenvalue weighted by molar-refractivity contribution is 7.89. The lowest BCUT2D eigenvalue weighted by molar-refractivity contribution is 0.0905. The predicted octanol–water partition coefficient (Wildman–Crippen LogP) is 1.95. The maximum Gasteiger partial charge on any atom is 0.246 e. The number of carbonyl (C=O) groups excluding carboxylic acids is 1. The van der Waals surface area contributed by atoms with Gasteiger partial charge in [0, 0.05) is 32.2 Å². The molecule has 2 aromatic rings. The van der Waals surface area contributed by atoms with Crippen molar-refractivity contribution in [1.82, 2.24) is 9.21 Å². The van der Waals surface area contributed by atoms with E-state index in [-0.39, 0.29) is 16.4 Å². The van der Waals surface area contributed by atoms with E-state index < -0.39 is 10.0 Å². The summed E-state index contributed by atoms with van der Waals surface area (Å²) in [5, 5.41) is 1.87. The monoisotopic (exact) mass is 410 g/mol. The minimum absolute atomic E-state index is 0.0655. The van der Waals surface area contributed by atoms with Gasteiger partial charge in [0.1, 0.15) is 16.4 Å². The SMILES string of the molecule is COc1ccc(OC)c(S(=O)(=O)N2CCN(CC(=O)c3cccs3)CC2)c1. The normalized spacial score (nSPS) is 16.2. The minimum Gasteiger partial charge on any atom is -0.497 e. The lowest BCUT2D eigenvalue weighted by Gasteiger charge is -2.33. The number of Topliss-reactive ketones (excluding diaryl/α,β-unsaturated/α-hetero) is 1. The largest absolute Gasteiger partial charge is 0.497 e. The topological polar surface area (TPSA) is 76.2 Å². The Morgan fingerprint density at radius 1 is 1.11 bits per heavy atom. The maximum atomic E-state index is 13.1. The Hall–Kier alpha value is -1.94. The Morgan fingerprint density at radius 2 is 1.85 bits per heavy atom. The molecule has 1 aliphatic heterocycles. The lowest BCUT2D eigenvalue weighted by atomic mass is 10.2. The molecule has 9 heteroatoms. The van der Waals surface area contributed by atoms with Gasteiger partial charge in [0.2, 0.25) is 10.0 Å². The summed E-state index contributed by atoms with van der Waals surface area (Å²) in [5.41, 5.74) is 0. The zero-order valence-corrected chi connectivity index (χ0v) is 16.9. The van der Waals surface area contributed by atoms with Gasteiger partial charge in [0.25, 0.3) is 0 Å². The Kier molecular flexibility index (Phi) is 6.15. The number of benzene rings is 1. The summed E-state index contributed by atoms with van der Waals surface area (Å²) in [6.07, 6.45) is 0. The van der Waals surface area contributed by atoms with Gasteiger partial charge >= 0.3 is 0 Å². The van der Waals surface area contributed by atoms with E-state index in [1.54, 1.807) is 12.1 Å². The second-order valence-corrected chi connectivity index (χ2v) is 8.95. The fourth-order valence-electron chi connectivity index (χ4n) is 2.97. The van der Waals surface area contributed by atoms with Crippen molar-refractivity contribution in [3.05, 3.63) is 40.6 Å². The molecule has 27 heavy (non-hydrogen) atoms. The number of hydrogen-bond acceptors (Lipinski definition) is 7. The molecule has 7 nitrogen and oxygen atoms in total. The fraction of sp³-hybridized carbons (Fsp3) is 0.389. The summed E-state index contributed by atoms with van der Waals surface area (Å²) in [7, 11) is -0.787. The first-order chi connectivity index (χ1) is 13.0. The van der Waals surface area contributed by atoms with E-state index >= 15 is 0 Å². The van der Waals surface area contributed by atoms with Crippen LogP contribution >= 0.6 is 11.3 Å². The molecule has 0 bridgehead atoms. The van der Waals surface area contributed by atoms with Crippen LogP contribution in [0.4, 0.5) is 0 Å². The van der Waals surface area contributed by atoms with E-state index in [4.69, 9.17) is 9.47 Å². The first kappa shape index (κ1) is 19.8. The summed E-state index contributed by atoms with van der Waals surface area (Å²) < 4.78 is 37.9. The van der Waals surface area contributed by atoms with Crippen LogP contribution in [0.15, 0.2) is 40.6 Å². The number of piperazine rings is 1. The molecule has 3 rings (SSSR count). The molecule has 0 radical (unpaired) electrons. The number of thiophene rings is 1. The second kappa shape index (κ2) is 8.39. The average molecular weight is 411 g/mol. The van der Waals surface area contributed by atoms with Crippen LogP contribution in [0.1, 0.15) is 9.67 Å². The number of sulfonamides is 1. The van der Waals surface area contributed by atoms with Crippen LogP contribution < -0.4 is 9.47 Å². The Bertz CT molecular complexity index is 888. The number of ketones is 1. The summed E-state index contributed by atoms with van der Waals surface area (Å²) in [6, 6.07) is 8.38. The minimum atomic E-state index is -3.71. The van der Waals surface area contributed by atoms with Gasteiger partial charge < -0.3 is 9.47 Å². The molecule has 1 fully saturated rings. The highest BCUT2D eigenvalue weighted by Crippen LogP contribution is 2.31. The molecule has 0 N–H and O–H groups in total. The summed E-state index contributed by atoms with van der Waals surface area (Å²) in [6.45, 7) is 1.95. The molecule has 0 aliphatic carbocycles. The molecule has 0 amide bonds. The number of nitrogens with zero attached hydrogens (tertiary/aromatic N) is 2. The smallest absolute Gasteiger partial charge is 0.246 e. The van der Waals surface area contributed by atoms with Crippen molar-refractivity contribution < 1.29 is 22.7 Å². The zero-order chi connectivity index (χ0) is 19.4. The Balaban J connectivity index is 1.69. The maximum absolute atomic E-state index is 13.1. The van der Waals surface area contributed by atoms with Crippen LogP contribution in [-0.2, 0) is 10.0 Å². The van der Waals surface area contributed by atoms with Crippen LogP contribution in [0.5, 0.6) is 11.5 Å². The van der Waals surface area contributed by atoms with E-state index in [1.807, 2.05) is 22.4 Å². The third kappa shape index (κ3) is 4.32. The number of rotatable bonds is 7. The number of hydrogen-bond donors (Lipinski definition) is 0. The first-order valence-corrected chi connectivity index (χ1v) is 10.8. The van der Waals surface area contributed by atoms with E-state index in [0.29, 0.717) is 38.5 Å². The van der Waals surface area contributed by atoms with E-state index in [1.165, 1.54) is 35.9 Å². The van der Waals surface area contributed by atoms with Crippen LogP contribution in [0.3, 0.4) is 0 Å². The quantitative estimate of drug-likeness (QED) is 0.650. The van der Waals surface area contributed by atoms with E-state index in [2.05, 4.69) is 0 Å². The fourth-order valence-corrected chi connectivity index (χ4v) is 5.22. The zero-order valence-electron chi connectivity index (χ0n) is 15.3. The van der Waals surface area contributed by atoms with Crippen molar-refractivity contribution in [3.63, 3.8) is 0 Å². The molecule has 0 atom stereocenters. The van der Waals surface area contributed by atoms with Gasteiger partial charge in [-0.25, -0.2) is 8.42 Å². The highest BCUT2D eigenvalue weighted by atomic mass is 32.2. The standard InChI is InChI=1S/C18H22N2O5S2/c1-24-14-5-6-16(25-2)18(12-14)27(22,23)20-9-7-19(8-10-20)13-15(21)17-4-3-11-26-17/h3-6,11-12H,7-10,13H2,1-2H3. The van der Waals surface area contributed by atoms with Gasteiger partial charge in [-0.3, -0.25) is 9.69 Å². The summed E-state index contributed by atoms with van der Waals surface area (Å²) in [4.78, 5) is 15.0. The Morgan fingerprint density at radius 3 is 2.44 bits per heavy atom. The van der Waals surface area contributed by atoms with Crippen LogP contribution in [0, 0.1) is 0 Å². The molecule has 1 aromatic carbocycles. The first-order valence-electron chi connectivity index (χ1n) is 8.47. The molecule has 0 unspecified atom stereocenters.